The van der Waals surface area contributed by atoms with Crippen molar-refractivity contribution in [1.29, 1.82) is 0 Å². The van der Waals surface area contributed by atoms with Crippen LogP contribution in [0, 0.1) is 11.8 Å². The van der Waals surface area contributed by atoms with E-state index in [0.29, 0.717) is 5.02 Å². The van der Waals surface area contributed by atoms with Gasteiger partial charge in [-0.3, -0.25) is 0 Å². The van der Waals surface area contributed by atoms with Crippen molar-refractivity contribution in [2.45, 2.75) is 6.42 Å². The van der Waals surface area contributed by atoms with Gasteiger partial charge in [0.05, 0.1) is 5.02 Å². The predicted molar refractivity (Wildman–Crippen MR) is 58.5 cm³/mol. The van der Waals surface area contributed by atoms with Crippen molar-refractivity contribution in [3.05, 3.63) is 28.8 Å². The van der Waals surface area contributed by atoms with Crippen molar-refractivity contribution >= 4 is 24.2 Å². The van der Waals surface area contributed by atoms with Gasteiger partial charge in [-0.25, -0.2) is 0 Å². The fraction of sp³-hybridized carbons (Fsp3) is 0.200. The molecule has 0 amide bonds. The number of thiol groups is 1. The van der Waals surface area contributed by atoms with Crippen LogP contribution in [0.2, 0.25) is 5.02 Å². The van der Waals surface area contributed by atoms with Gasteiger partial charge in [-0.1, -0.05) is 23.4 Å². The monoisotopic (exact) mass is 212 g/mol. The molecule has 0 atom stereocenters. The number of hydrogen-bond acceptors (Lipinski definition) is 2. The molecule has 0 aliphatic carbocycles. The minimum Gasteiger partial charge on any atom is -0.508 e. The number of rotatable bonds is 1. The van der Waals surface area contributed by atoms with Gasteiger partial charge in [0.15, 0.2) is 0 Å². The largest absolute Gasteiger partial charge is 0.508 e. The summed E-state index contributed by atoms with van der Waals surface area (Å²) >= 11 is 9.86. The number of aromatic hydroxyl groups is 1. The number of halogens is 1. The van der Waals surface area contributed by atoms with Crippen LogP contribution in [-0.4, -0.2) is 10.9 Å². The van der Waals surface area contributed by atoms with E-state index in [0.717, 1.165) is 17.7 Å². The van der Waals surface area contributed by atoms with E-state index in [9.17, 15) is 0 Å². The fourth-order valence-electron chi connectivity index (χ4n) is 0.819. The molecule has 1 aromatic rings. The SMILES string of the molecule is Oc1ccc(C#CCCS)c(Cl)c1. The molecular weight excluding hydrogens is 204 g/mol. The zero-order chi connectivity index (χ0) is 9.68. The van der Waals surface area contributed by atoms with Gasteiger partial charge in [0.25, 0.3) is 0 Å². The molecule has 1 aromatic carbocycles. The Bertz CT molecular complexity index is 352. The molecule has 0 bridgehead atoms. The zero-order valence-corrected chi connectivity index (χ0v) is 8.57. The van der Waals surface area contributed by atoms with Crippen LogP contribution in [-0.2, 0) is 0 Å². The molecule has 1 rings (SSSR count). The van der Waals surface area contributed by atoms with Crippen LogP contribution in [0.3, 0.4) is 0 Å². The van der Waals surface area contributed by atoms with Gasteiger partial charge in [-0.05, 0) is 18.2 Å². The minimum atomic E-state index is 0.157. The van der Waals surface area contributed by atoms with Gasteiger partial charge in [-0.15, -0.1) is 0 Å². The van der Waals surface area contributed by atoms with Gasteiger partial charge in [0.2, 0.25) is 0 Å². The van der Waals surface area contributed by atoms with Crippen molar-refractivity contribution in [3.8, 4) is 17.6 Å². The number of benzene rings is 1. The lowest BCUT2D eigenvalue weighted by atomic mass is 10.2. The second-order valence-corrected chi connectivity index (χ2v) is 3.29. The van der Waals surface area contributed by atoms with Crippen LogP contribution >= 0.6 is 24.2 Å². The maximum absolute atomic E-state index is 9.06. The number of phenols is 1. The summed E-state index contributed by atoms with van der Waals surface area (Å²) < 4.78 is 0. The van der Waals surface area contributed by atoms with Gasteiger partial charge in [0.1, 0.15) is 5.75 Å². The molecule has 0 aliphatic rings. The van der Waals surface area contributed by atoms with E-state index >= 15 is 0 Å². The Balaban J connectivity index is 2.85. The summed E-state index contributed by atoms with van der Waals surface area (Å²) in [5.41, 5.74) is 0.737. The van der Waals surface area contributed by atoms with Crippen LogP contribution < -0.4 is 0 Å². The maximum Gasteiger partial charge on any atom is 0.117 e. The van der Waals surface area contributed by atoms with Crippen LogP contribution in [0.4, 0.5) is 0 Å². The Morgan fingerprint density at radius 3 is 2.85 bits per heavy atom. The van der Waals surface area contributed by atoms with Crippen molar-refractivity contribution in [3.63, 3.8) is 0 Å². The summed E-state index contributed by atoms with van der Waals surface area (Å²) in [5.74, 6) is 6.71. The van der Waals surface area contributed by atoms with Crippen LogP contribution in [0.5, 0.6) is 5.75 Å². The number of hydrogen-bond donors (Lipinski definition) is 2. The first-order chi connectivity index (χ1) is 6.24. The highest BCUT2D eigenvalue weighted by molar-refractivity contribution is 7.80. The highest BCUT2D eigenvalue weighted by Gasteiger charge is 1.96. The molecule has 0 aromatic heterocycles. The van der Waals surface area contributed by atoms with Crippen LogP contribution in [0.25, 0.3) is 0 Å². The van der Waals surface area contributed by atoms with Gasteiger partial charge in [-0.2, -0.15) is 12.6 Å². The van der Waals surface area contributed by atoms with Crippen LogP contribution in [0.15, 0.2) is 18.2 Å². The van der Waals surface area contributed by atoms with Crippen molar-refractivity contribution in [2.24, 2.45) is 0 Å². The molecule has 0 aliphatic heterocycles. The topological polar surface area (TPSA) is 20.2 Å². The molecule has 68 valence electrons. The lowest BCUT2D eigenvalue weighted by Gasteiger charge is -1.95. The molecule has 0 radical (unpaired) electrons. The van der Waals surface area contributed by atoms with E-state index in [4.69, 9.17) is 16.7 Å². The maximum atomic E-state index is 9.06. The van der Waals surface area contributed by atoms with Gasteiger partial charge < -0.3 is 5.11 Å². The van der Waals surface area contributed by atoms with Crippen molar-refractivity contribution < 1.29 is 5.11 Å². The third kappa shape index (κ3) is 3.22. The Hall–Kier alpha value is -0.780. The summed E-state index contributed by atoms with van der Waals surface area (Å²) in [6.07, 6.45) is 0.736. The van der Waals surface area contributed by atoms with E-state index < -0.39 is 0 Å². The molecule has 0 heterocycles. The Morgan fingerprint density at radius 2 is 2.23 bits per heavy atom. The third-order valence-electron chi connectivity index (χ3n) is 1.41. The molecule has 0 unspecified atom stereocenters. The van der Waals surface area contributed by atoms with E-state index in [-0.39, 0.29) is 5.75 Å². The molecule has 3 heteroatoms. The first kappa shape index (κ1) is 10.3. The standard InChI is InChI=1S/C10H9ClOS/c11-10-7-9(12)5-4-8(10)3-1-2-6-13/h4-5,7,12-13H,2,6H2. The third-order valence-corrected chi connectivity index (χ3v) is 1.95. The first-order valence-corrected chi connectivity index (χ1v) is 4.83. The zero-order valence-electron chi connectivity index (χ0n) is 6.92. The normalized spacial score (nSPS) is 9.08. The highest BCUT2D eigenvalue weighted by Crippen LogP contribution is 2.20. The average Bonchev–Trinajstić information content (AvgIpc) is 2.09. The minimum absolute atomic E-state index is 0.157. The summed E-state index contributed by atoms with van der Waals surface area (Å²) in [6, 6.07) is 4.74. The summed E-state index contributed by atoms with van der Waals surface area (Å²) in [6.45, 7) is 0. The Morgan fingerprint density at radius 1 is 1.46 bits per heavy atom. The molecule has 0 spiro atoms. The second kappa shape index (κ2) is 5.06. The predicted octanol–water partition coefficient (Wildman–Crippen LogP) is 2.72. The molecular formula is C10H9ClOS. The van der Waals surface area contributed by atoms with Gasteiger partial charge >= 0.3 is 0 Å². The van der Waals surface area contributed by atoms with E-state index in [1.54, 1.807) is 12.1 Å². The number of phenolic OH excluding ortho intramolecular Hbond substituents is 1. The summed E-state index contributed by atoms with van der Waals surface area (Å²) in [7, 11) is 0. The van der Waals surface area contributed by atoms with Crippen molar-refractivity contribution in [2.75, 3.05) is 5.75 Å². The van der Waals surface area contributed by atoms with Gasteiger partial charge in [0, 0.05) is 17.7 Å². The summed E-state index contributed by atoms with van der Waals surface area (Å²) in [5, 5.41) is 9.54. The van der Waals surface area contributed by atoms with E-state index in [1.807, 2.05) is 0 Å². The first-order valence-electron chi connectivity index (χ1n) is 3.82. The molecule has 1 nitrogen and oxygen atoms in total. The molecule has 0 fully saturated rings. The van der Waals surface area contributed by atoms with Crippen molar-refractivity contribution in [1.82, 2.24) is 0 Å². The summed E-state index contributed by atoms with van der Waals surface area (Å²) in [4.78, 5) is 0. The van der Waals surface area contributed by atoms with E-state index in [2.05, 4.69) is 24.5 Å². The Labute approximate surface area is 88.1 Å². The second-order valence-electron chi connectivity index (χ2n) is 2.44. The quantitative estimate of drug-likeness (QED) is 0.542. The molecule has 0 saturated heterocycles. The lowest BCUT2D eigenvalue weighted by molar-refractivity contribution is 0.475. The molecule has 1 N–H and O–H groups in total. The smallest absolute Gasteiger partial charge is 0.117 e. The fourth-order valence-corrected chi connectivity index (χ4v) is 1.15. The Kier molecular flexibility index (Phi) is 4.01. The average molecular weight is 213 g/mol. The van der Waals surface area contributed by atoms with E-state index in [1.165, 1.54) is 6.07 Å². The molecule has 0 saturated carbocycles. The van der Waals surface area contributed by atoms with Crippen LogP contribution in [0.1, 0.15) is 12.0 Å². The molecule has 13 heavy (non-hydrogen) atoms. The highest BCUT2D eigenvalue weighted by atomic mass is 35.5. The lowest BCUT2D eigenvalue weighted by Crippen LogP contribution is -1.77.